The van der Waals surface area contributed by atoms with Gasteiger partial charge in [-0.2, -0.15) is 0 Å². The SMILES string of the molecule is C[C@H](NC(=O)c1ccc(SCc2cccnc2)cc1)[C@H]1C[C@H]2CC[C@H]1C2. The van der Waals surface area contributed by atoms with Crippen LogP contribution in [0.4, 0.5) is 0 Å². The number of hydrogen-bond donors (Lipinski definition) is 1. The van der Waals surface area contributed by atoms with Crippen molar-refractivity contribution in [3.8, 4) is 0 Å². The Kier molecular flexibility index (Phi) is 5.30. The molecule has 1 aromatic carbocycles. The van der Waals surface area contributed by atoms with Crippen LogP contribution < -0.4 is 5.32 Å². The molecule has 0 saturated heterocycles. The number of benzene rings is 1. The normalized spacial score (nSPS) is 25.2. The molecule has 1 heterocycles. The van der Waals surface area contributed by atoms with Crippen LogP contribution in [0.2, 0.25) is 0 Å². The van der Waals surface area contributed by atoms with E-state index in [9.17, 15) is 4.79 Å². The summed E-state index contributed by atoms with van der Waals surface area (Å²) >= 11 is 1.76. The van der Waals surface area contributed by atoms with E-state index in [4.69, 9.17) is 0 Å². The van der Waals surface area contributed by atoms with Crippen molar-refractivity contribution >= 4 is 17.7 Å². The van der Waals surface area contributed by atoms with Crippen LogP contribution in [0.1, 0.15) is 48.5 Å². The highest BCUT2D eigenvalue weighted by atomic mass is 32.2. The third kappa shape index (κ3) is 3.96. The van der Waals surface area contributed by atoms with Crippen molar-refractivity contribution in [3.63, 3.8) is 0 Å². The Balaban J connectivity index is 1.30. The molecule has 4 rings (SSSR count). The fourth-order valence-corrected chi connectivity index (χ4v) is 5.49. The minimum absolute atomic E-state index is 0.0593. The molecule has 2 aliphatic rings. The first-order valence-electron chi connectivity index (χ1n) is 9.61. The van der Waals surface area contributed by atoms with Gasteiger partial charge in [-0.15, -0.1) is 11.8 Å². The monoisotopic (exact) mass is 366 g/mol. The molecule has 26 heavy (non-hydrogen) atoms. The second-order valence-corrected chi connectivity index (χ2v) is 8.82. The van der Waals surface area contributed by atoms with Crippen molar-refractivity contribution in [2.24, 2.45) is 17.8 Å². The highest BCUT2D eigenvalue weighted by Gasteiger charge is 2.42. The largest absolute Gasteiger partial charge is 0.349 e. The van der Waals surface area contributed by atoms with Gasteiger partial charge >= 0.3 is 0 Å². The van der Waals surface area contributed by atoms with Gasteiger partial charge < -0.3 is 5.32 Å². The Hall–Kier alpha value is -1.81. The molecule has 0 radical (unpaired) electrons. The smallest absolute Gasteiger partial charge is 0.251 e. The second kappa shape index (κ2) is 7.83. The highest BCUT2D eigenvalue weighted by molar-refractivity contribution is 7.98. The second-order valence-electron chi connectivity index (χ2n) is 7.78. The molecule has 0 spiro atoms. The number of pyridine rings is 1. The van der Waals surface area contributed by atoms with Crippen LogP contribution in [0.15, 0.2) is 53.7 Å². The van der Waals surface area contributed by atoms with Gasteiger partial charge in [-0.05, 0) is 79.8 Å². The number of rotatable bonds is 6. The van der Waals surface area contributed by atoms with E-state index in [-0.39, 0.29) is 11.9 Å². The zero-order valence-electron chi connectivity index (χ0n) is 15.2. The molecule has 0 aliphatic heterocycles. The molecule has 0 unspecified atom stereocenters. The first-order chi connectivity index (χ1) is 12.7. The third-order valence-corrected chi connectivity index (χ3v) is 7.12. The van der Waals surface area contributed by atoms with Crippen LogP contribution in [0.5, 0.6) is 0 Å². The van der Waals surface area contributed by atoms with E-state index in [2.05, 4.69) is 23.3 Å². The molecule has 136 valence electrons. The van der Waals surface area contributed by atoms with Gasteiger partial charge in [-0.1, -0.05) is 12.5 Å². The van der Waals surface area contributed by atoms with E-state index in [1.54, 1.807) is 18.0 Å². The highest BCUT2D eigenvalue weighted by Crippen LogP contribution is 2.49. The molecule has 2 fully saturated rings. The van der Waals surface area contributed by atoms with Crippen molar-refractivity contribution in [1.29, 1.82) is 0 Å². The fourth-order valence-electron chi connectivity index (χ4n) is 4.66. The van der Waals surface area contributed by atoms with Gasteiger partial charge in [0.25, 0.3) is 5.91 Å². The first-order valence-corrected chi connectivity index (χ1v) is 10.6. The maximum absolute atomic E-state index is 12.6. The third-order valence-electron chi connectivity index (χ3n) is 6.04. The van der Waals surface area contributed by atoms with Crippen molar-refractivity contribution in [3.05, 3.63) is 59.9 Å². The van der Waals surface area contributed by atoms with Crippen molar-refractivity contribution in [2.75, 3.05) is 0 Å². The Morgan fingerprint density at radius 2 is 2.08 bits per heavy atom. The average molecular weight is 367 g/mol. The molecule has 2 bridgehead atoms. The van der Waals surface area contributed by atoms with E-state index in [1.807, 2.05) is 36.5 Å². The molecular weight excluding hydrogens is 340 g/mol. The van der Waals surface area contributed by atoms with E-state index in [0.29, 0.717) is 5.92 Å². The lowest BCUT2D eigenvalue weighted by Gasteiger charge is -2.28. The molecule has 3 nitrogen and oxygen atoms in total. The maximum Gasteiger partial charge on any atom is 0.251 e. The maximum atomic E-state index is 12.6. The topological polar surface area (TPSA) is 42.0 Å². The number of fused-ring (bicyclic) bond motifs is 2. The summed E-state index contributed by atoms with van der Waals surface area (Å²) in [5.74, 6) is 3.37. The van der Waals surface area contributed by atoms with E-state index < -0.39 is 0 Å². The number of thioether (sulfide) groups is 1. The number of nitrogens with one attached hydrogen (secondary N) is 1. The predicted molar refractivity (Wildman–Crippen MR) is 106 cm³/mol. The lowest BCUT2D eigenvalue weighted by Crippen LogP contribution is -2.40. The Labute approximate surface area is 160 Å². The average Bonchev–Trinajstić information content (AvgIpc) is 3.31. The summed E-state index contributed by atoms with van der Waals surface area (Å²) < 4.78 is 0. The summed E-state index contributed by atoms with van der Waals surface area (Å²) in [7, 11) is 0. The number of nitrogens with zero attached hydrogens (tertiary/aromatic N) is 1. The molecule has 2 aliphatic carbocycles. The Morgan fingerprint density at radius 3 is 2.73 bits per heavy atom. The van der Waals surface area contributed by atoms with Crippen molar-refractivity contribution in [1.82, 2.24) is 10.3 Å². The molecule has 4 atom stereocenters. The molecular formula is C22H26N2OS. The zero-order chi connectivity index (χ0) is 17.9. The molecule has 2 aromatic rings. The Bertz CT molecular complexity index is 746. The Morgan fingerprint density at radius 1 is 1.23 bits per heavy atom. The van der Waals surface area contributed by atoms with Gasteiger partial charge in [0.2, 0.25) is 0 Å². The van der Waals surface area contributed by atoms with Crippen molar-refractivity contribution in [2.45, 2.75) is 49.3 Å². The number of carbonyl (C=O) groups excluding carboxylic acids is 1. The molecule has 1 N–H and O–H groups in total. The molecule has 4 heteroatoms. The van der Waals surface area contributed by atoms with Gasteiger partial charge in [-0.25, -0.2) is 0 Å². The quantitative estimate of drug-likeness (QED) is 0.737. The van der Waals surface area contributed by atoms with Gasteiger partial charge in [-0.3, -0.25) is 9.78 Å². The van der Waals surface area contributed by atoms with Gasteiger partial charge in [0, 0.05) is 34.6 Å². The minimum Gasteiger partial charge on any atom is -0.349 e. The number of hydrogen-bond acceptors (Lipinski definition) is 3. The summed E-state index contributed by atoms with van der Waals surface area (Å²) in [4.78, 5) is 17.9. The van der Waals surface area contributed by atoms with Crippen LogP contribution in [0.25, 0.3) is 0 Å². The van der Waals surface area contributed by atoms with Gasteiger partial charge in [0.15, 0.2) is 0 Å². The zero-order valence-corrected chi connectivity index (χ0v) is 16.0. The number of aromatic nitrogens is 1. The predicted octanol–water partition coefficient (Wildman–Crippen LogP) is 4.93. The van der Waals surface area contributed by atoms with Gasteiger partial charge in [0.05, 0.1) is 0 Å². The number of amides is 1. The lowest BCUT2D eigenvalue weighted by atomic mass is 9.84. The molecule has 2 saturated carbocycles. The minimum atomic E-state index is 0.0593. The van der Waals surface area contributed by atoms with Crippen LogP contribution in [0, 0.1) is 17.8 Å². The summed E-state index contributed by atoms with van der Waals surface area (Å²) in [5, 5.41) is 3.25. The molecule has 1 amide bonds. The summed E-state index contributed by atoms with van der Waals surface area (Å²) in [5.41, 5.74) is 1.96. The van der Waals surface area contributed by atoms with Crippen LogP contribution in [0.3, 0.4) is 0 Å². The summed E-state index contributed by atoms with van der Waals surface area (Å²) in [6.07, 6.45) is 9.13. The molecule has 1 aromatic heterocycles. The standard InChI is InChI=1S/C22H26N2OS/c1-15(21-12-16-4-5-19(21)11-16)24-22(25)18-6-8-20(9-7-18)26-14-17-3-2-10-23-13-17/h2-3,6-10,13,15-16,19,21H,4-5,11-12,14H2,1H3,(H,24,25)/t15-,16-,19-,21+/m0/s1. The first kappa shape index (κ1) is 17.6. The van der Waals surface area contributed by atoms with Crippen molar-refractivity contribution < 1.29 is 4.79 Å². The summed E-state index contributed by atoms with van der Waals surface area (Å²) in [6, 6.07) is 12.3. The van der Waals surface area contributed by atoms with Gasteiger partial charge in [0.1, 0.15) is 0 Å². The summed E-state index contributed by atoms with van der Waals surface area (Å²) in [6.45, 7) is 2.18. The lowest BCUT2D eigenvalue weighted by molar-refractivity contribution is 0.0915. The van der Waals surface area contributed by atoms with Crippen LogP contribution in [-0.2, 0) is 5.75 Å². The fraction of sp³-hybridized carbons (Fsp3) is 0.455. The van der Waals surface area contributed by atoms with E-state index in [0.717, 1.165) is 23.2 Å². The van der Waals surface area contributed by atoms with Crippen LogP contribution in [-0.4, -0.2) is 16.9 Å². The van der Waals surface area contributed by atoms with E-state index in [1.165, 1.54) is 36.1 Å². The number of carbonyl (C=O) groups is 1. The van der Waals surface area contributed by atoms with E-state index >= 15 is 0 Å². The van der Waals surface area contributed by atoms with Crippen LogP contribution >= 0.6 is 11.8 Å².